The monoisotopic (exact) mass is 345 g/mol. The fourth-order valence-corrected chi connectivity index (χ4v) is 2.80. The first-order valence-electron chi connectivity index (χ1n) is 8.06. The van der Waals surface area contributed by atoms with E-state index in [2.05, 4.69) is 15.6 Å². The molecule has 5 nitrogen and oxygen atoms in total. The number of amides is 2. The molecule has 2 amide bonds. The number of aromatic nitrogens is 1. The van der Waals surface area contributed by atoms with E-state index in [4.69, 9.17) is 0 Å². The Bertz CT molecular complexity index is 805. The summed E-state index contributed by atoms with van der Waals surface area (Å²) in [6.07, 6.45) is 5.48. The molecule has 25 heavy (non-hydrogen) atoms. The van der Waals surface area contributed by atoms with Gasteiger partial charge in [-0.25, -0.2) is 8.78 Å². The normalized spacial score (nSPS) is 14.3. The van der Waals surface area contributed by atoms with Crippen LogP contribution in [0.3, 0.4) is 0 Å². The summed E-state index contributed by atoms with van der Waals surface area (Å²) in [4.78, 5) is 28.4. The van der Waals surface area contributed by atoms with Crippen LogP contribution in [0.5, 0.6) is 0 Å². The van der Waals surface area contributed by atoms with E-state index < -0.39 is 17.5 Å². The quantitative estimate of drug-likeness (QED) is 0.893. The number of carbonyl (C=O) groups excluding carboxylic acids is 2. The molecule has 2 aromatic rings. The highest BCUT2D eigenvalue weighted by Crippen LogP contribution is 2.18. The van der Waals surface area contributed by atoms with E-state index in [-0.39, 0.29) is 23.3 Å². The molecule has 1 saturated carbocycles. The van der Waals surface area contributed by atoms with Crippen LogP contribution in [0.25, 0.3) is 0 Å². The van der Waals surface area contributed by atoms with Gasteiger partial charge in [0.05, 0.1) is 0 Å². The second-order valence-corrected chi connectivity index (χ2v) is 5.97. The highest BCUT2D eigenvalue weighted by atomic mass is 19.2. The highest BCUT2D eigenvalue weighted by Gasteiger charge is 2.19. The Balaban J connectivity index is 1.70. The molecule has 1 aliphatic carbocycles. The topological polar surface area (TPSA) is 71.1 Å². The molecular weight excluding hydrogens is 328 g/mol. The molecular formula is C18H17F2N3O2. The van der Waals surface area contributed by atoms with Crippen molar-refractivity contribution in [3.63, 3.8) is 0 Å². The Morgan fingerprint density at radius 3 is 2.48 bits per heavy atom. The van der Waals surface area contributed by atoms with Crippen LogP contribution < -0.4 is 10.6 Å². The molecule has 1 aliphatic rings. The maximum Gasteiger partial charge on any atom is 0.274 e. The summed E-state index contributed by atoms with van der Waals surface area (Å²) in [7, 11) is 0. The van der Waals surface area contributed by atoms with Crippen LogP contribution in [0, 0.1) is 11.6 Å². The lowest BCUT2D eigenvalue weighted by Gasteiger charge is -2.12. The fourth-order valence-electron chi connectivity index (χ4n) is 2.80. The number of carbonyl (C=O) groups is 2. The number of hydrogen-bond donors (Lipinski definition) is 2. The van der Waals surface area contributed by atoms with Crippen molar-refractivity contribution in [2.75, 3.05) is 5.32 Å². The SMILES string of the molecule is O=C(NC1CCCC1)c1ccnc(C(=O)Nc2ccc(F)c(F)c2)c1. The minimum atomic E-state index is -1.06. The first-order chi connectivity index (χ1) is 12.0. The average Bonchev–Trinajstić information content (AvgIpc) is 3.11. The Kier molecular flexibility index (Phi) is 5.02. The Morgan fingerprint density at radius 2 is 1.76 bits per heavy atom. The third kappa shape index (κ3) is 4.17. The van der Waals surface area contributed by atoms with Gasteiger partial charge in [-0.15, -0.1) is 0 Å². The van der Waals surface area contributed by atoms with Gasteiger partial charge in [0.2, 0.25) is 0 Å². The Labute approximate surface area is 143 Å². The molecule has 3 rings (SSSR count). The molecule has 0 spiro atoms. The van der Waals surface area contributed by atoms with Crippen molar-refractivity contribution in [1.29, 1.82) is 0 Å². The number of nitrogens with one attached hydrogen (secondary N) is 2. The predicted octanol–water partition coefficient (Wildman–Crippen LogP) is 3.28. The molecule has 1 aromatic carbocycles. The molecule has 0 unspecified atom stereocenters. The van der Waals surface area contributed by atoms with Crippen LogP contribution >= 0.6 is 0 Å². The Hall–Kier alpha value is -2.83. The lowest BCUT2D eigenvalue weighted by molar-refractivity contribution is 0.0937. The molecule has 1 heterocycles. The third-order valence-electron chi connectivity index (χ3n) is 4.12. The van der Waals surface area contributed by atoms with Crippen LogP contribution in [0.2, 0.25) is 0 Å². The predicted molar refractivity (Wildman–Crippen MR) is 88.3 cm³/mol. The number of benzene rings is 1. The first kappa shape index (κ1) is 17.0. The van der Waals surface area contributed by atoms with E-state index in [0.29, 0.717) is 5.56 Å². The largest absolute Gasteiger partial charge is 0.349 e. The van der Waals surface area contributed by atoms with Crippen LogP contribution in [0.15, 0.2) is 36.5 Å². The summed E-state index contributed by atoms with van der Waals surface area (Å²) >= 11 is 0. The molecule has 0 saturated heterocycles. The van der Waals surface area contributed by atoms with Crippen molar-refractivity contribution in [1.82, 2.24) is 10.3 Å². The third-order valence-corrected chi connectivity index (χ3v) is 4.12. The van der Waals surface area contributed by atoms with Crippen molar-refractivity contribution in [2.24, 2.45) is 0 Å². The van der Waals surface area contributed by atoms with Crippen LogP contribution in [-0.4, -0.2) is 22.8 Å². The van der Waals surface area contributed by atoms with Crippen molar-refractivity contribution < 1.29 is 18.4 Å². The highest BCUT2D eigenvalue weighted by molar-refractivity contribution is 6.04. The van der Waals surface area contributed by atoms with Gasteiger partial charge in [0.15, 0.2) is 11.6 Å². The lowest BCUT2D eigenvalue weighted by atomic mass is 10.1. The number of hydrogen-bond acceptors (Lipinski definition) is 3. The molecule has 2 N–H and O–H groups in total. The van der Waals surface area contributed by atoms with E-state index in [9.17, 15) is 18.4 Å². The summed E-state index contributed by atoms with van der Waals surface area (Å²) in [5.74, 6) is -2.92. The summed E-state index contributed by atoms with van der Waals surface area (Å²) in [5.41, 5.74) is 0.452. The van der Waals surface area contributed by atoms with Gasteiger partial charge in [0.25, 0.3) is 11.8 Å². The standard InChI is InChI=1S/C18H17F2N3O2/c19-14-6-5-13(10-15(14)20)23-18(25)16-9-11(7-8-21-16)17(24)22-12-3-1-2-4-12/h5-10,12H,1-4H2,(H,22,24)(H,23,25). The van der Waals surface area contributed by atoms with E-state index in [1.165, 1.54) is 24.4 Å². The maximum absolute atomic E-state index is 13.2. The summed E-state index contributed by atoms with van der Waals surface area (Å²) in [6, 6.07) is 6.11. The van der Waals surface area contributed by atoms with Gasteiger partial charge in [0, 0.05) is 29.6 Å². The minimum absolute atomic E-state index is 0.0174. The molecule has 1 aromatic heterocycles. The van der Waals surface area contributed by atoms with E-state index in [1.807, 2.05) is 0 Å². The fraction of sp³-hybridized carbons (Fsp3) is 0.278. The number of pyridine rings is 1. The van der Waals surface area contributed by atoms with Crippen LogP contribution in [0.4, 0.5) is 14.5 Å². The number of rotatable bonds is 4. The van der Waals surface area contributed by atoms with Crippen LogP contribution in [0.1, 0.15) is 46.5 Å². The Morgan fingerprint density at radius 1 is 1.00 bits per heavy atom. The lowest BCUT2D eigenvalue weighted by Crippen LogP contribution is -2.32. The van der Waals surface area contributed by atoms with Gasteiger partial charge >= 0.3 is 0 Å². The second-order valence-electron chi connectivity index (χ2n) is 5.97. The summed E-state index contributed by atoms with van der Waals surface area (Å²) in [6.45, 7) is 0. The second kappa shape index (κ2) is 7.38. The molecule has 0 bridgehead atoms. The number of anilines is 1. The zero-order chi connectivity index (χ0) is 17.8. The minimum Gasteiger partial charge on any atom is -0.349 e. The summed E-state index contributed by atoms with van der Waals surface area (Å²) in [5, 5.41) is 5.36. The van der Waals surface area contributed by atoms with Gasteiger partial charge in [-0.05, 0) is 37.1 Å². The first-order valence-corrected chi connectivity index (χ1v) is 8.06. The summed E-state index contributed by atoms with van der Waals surface area (Å²) < 4.78 is 26.1. The van der Waals surface area contributed by atoms with Crippen molar-refractivity contribution in [2.45, 2.75) is 31.7 Å². The van der Waals surface area contributed by atoms with E-state index >= 15 is 0 Å². The van der Waals surface area contributed by atoms with Gasteiger partial charge in [-0.2, -0.15) is 0 Å². The van der Waals surface area contributed by atoms with Gasteiger partial charge in [-0.1, -0.05) is 12.8 Å². The van der Waals surface area contributed by atoms with Crippen molar-refractivity contribution in [3.05, 3.63) is 59.4 Å². The molecule has 0 atom stereocenters. The average molecular weight is 345 g/mol. The zero-order valence-corrected chi connectivity index (χ0v) is 13.4. The van der Waals surface area contributed by atoms with E-state index in [0.717, 1.165) is 37.8 Å². The molecule has 7 heteroatoms. The maximum atomic E-state index is 13.2. The number of nitrogens with zero attached hydrogens (tertiary/aromatic N) is 1. The van der Waals surface area contributed by atoms with Crippen LogP contribution in [-0.2, 0) is 0 Å². The molecule has 0 radical (unpaired) electrons. The molecule has 0 aliphatic heterocycles. The van der Waals surface area contributed by atoms with Crippen molar-refractivity contribution >= 4 is 17.5 Å². The van der Waals surface area contributed by atoms with Crippen molar-refractivity contribution in [3.8, 4) is 0 Å². The smallest absolute Gasteiger partial charge is 0.274 e. The molecule has 1 fully saturated rings. The van der Waals surface area contributed by atoms with E-state index in [1.54, 1.807) is 0 Å². The van der Waals surface area contributed by atoms with Gasteiger partial charge < -0.3 is 10.6 Å². The zero-order valence-electron chi connectivity index (χ0n) is 13.4. The number of halogens is 2. The van der Waals surface area contributed by atoms with Gasteiger partial charge in [-0.3, -0.25) is 14.6 Å². The van der Waals surface area contributed by atoms with Gasteiger partial charge in [0.1, 0.15) is 5.69 Å². The molecule has 130 valence electrons.